The molecule has 0 fully saturated rings. The van der Waals surface area contributed by atoms with E-state index in [4.69, 9.17) is 0 Å². The smallest absolute Gasteiger partial charge is 0.296 e. The van der Waals surface area contributed by atoms with Gasteiger partial charge in [0.25, 0.3) is 5.91 Å². The van der Waals surface area contributed by atoms with Gasteiger partial charge in [0.05, 0.1) is 0 Å². The molecule has 1 amide bonds. The van der Waals surface area contributed by atoms with E-state index in [-0.39, 0.29) is 10.8 Å². The van der Waals surface area contributed by atoms with E-state index in [9.17, 15) is 18.0 Å². The summed E-state index contributed by atoms with van der Waals surface area (Å²) >= 11 is 1.85. The number of hydrogen-bond acceptors (Lipinski definition) is 7. The third-order valence-electron chi connectivity index (χ3n) is 2.51. The number of hydrogen-bond donors (Lipinski definition) is 1. The first-order chi connectivity index (χ1) is 10.9. The van der Waals surface area contributed by atoms with Crippen LogP contribution in [0.4, 0.5) is 18.3 Å². The standard InChI is InChI=1S/C12H6F3N5OS2/c13-12(14,15)7-5-23-11(19-7)20-9(21)6-4-22-10(18-6)8-16-2-1-3-17-8/h1-5H,(H,19,20,21). The largest absolute Gasteiger partial charge is 0.434 e. The third kappa shape index (κ3) is 3.51. The molecular formula is C12H6F3N5OS2. The van der Waals surface area contributed by atoms with Crippen LogP contribution in [0.2, 0.25) is 0 Å². The molecule has 3 heterocycles. The summed E-state index contributed by atoms with van der Waals surface area (Å²) in [5.41, 5.74) is -0.990. The highest BCUT2D eigenvalue weighted by atomic mass is 32.1. The van der Waals surface area contributed by atoms with E-state index in [1.54, 1.807) is 6.07 Å². The van der Waals surface area contributed by atoms with Crippen molar-refractivity contribution < 1.29 is 18.0 Å². The Morgan fingerprint density at radius 3 is 2.48 bits per heavy atom. The molecule has 0 aliphatic carbocycles. The van der Waals surface area contributed by atoms with Crippen LogP contribution in [0.1, 0.15) is 16.2 Å². The van der Waals surface area contributed by atoms with Crippen LogP contribution in [0, 0.1) is 0 Å². The van der Waals surface area contributed by atoms with Gasteiger partial charge in [-0.2, -0.15) is 13.2 Å². The van der Waals surface area contributed by atoms with E-state index in [0.29, 0.717) is 22.2 Å². The molecule has 6 nitrogen and oxygen atoms in total. The Morgan fingerprint density at radius 1 is 1.09 bits per heavy atom. The van der Waals surface area contributed by atoms with Gasteiger partial charge in [0, 0.05) is 23.2 Å². The summed E-state index contributed by atoms with van der Waals surface area (Å²) in [6.07, 6.45) is -1.46. The Kier molecular flexibility index (Phi) is 4.05. The lowest BCUT2D eigenvalue weighted by Gasteiger charge is -2.00. The van der Waals surface area contributed by atoms with Gasteiger partial charge in [0.1, 0.15) is 5.69 Å². The monoisotopic (exact) mass is 357 g/mol. The number of halogens is 3. The molecular weight excluding hydrogens is 351 g/mol. The van der Waals surface area contributed by atoms with Crippen LogP contribution in [0.15, 0.2) is 29.2 Å². The van der Waals surface area contributed by atoms with Gasteiger partial charge >= 0.3 is 6.18 Å². The number of rotatable bonds is 3. The number of anilines is 1. The summed E-state index contributed by atoms with van der Waals surface area (Å²) in [5.74, 6) is -0.281. The minimum atomic E-state index is -4.54. The van der Waals surface area contributed by atoms with Crippen molar-refractivity contribution in [1.82, 2.24) is 19.9 Å². The fourth-order valence-corrected chi connectivity index (χ4v) is 2.97. The fourth-order valence-electron chi connectivity index (χ4n) is 1.51. The van der Waals surface area contributed by atoms with Gasteiger partial charge in [-0.25, -0.2) is 19.9 Å². The lowest BCUT2D eigenvalue weighted by molar-refractivity contribution is -0.140. The Hall–Kier alpha value is -2.40. The van der Waals surface area contributed by atoms with Crippen LogP contribution in [0.25, 0.3) is 10.8 Å². The second kappa shape index (κ2) is 6.01. The van der Waals surface area contributed by atoms with Crippen molar-refractivity contribution in [1.29, 1.82) is 0 Å². The Balaban J connectivity index is 1.74. The molecule has 3 rings (SSSR count). The number of thiazole rings is 2. The summed E-state index contributed by atoms with van der Waals surface area (Å²) < 4.78 is 37.4. The van der Waals surface area contributed by atoms with Gasteiger partial charge in [-0.3, -0.25) is 10.1 Å². The molecule has 0 radical (unpaired) electrons. The van der Waals surface area contributed by atoms with E-state index in [0.717, 1.165) is 16.7 Å². The molecule has 0 saturated heterocycles. The fraction of sp³-hybridized carbons (Fsp3) is 0.0833. The number of nitrogens with zero attached hydrogens (tertiary/aromatic N) is 4. The first-order valence-electron chi connectivity index (χ1n) is 6.00. The molecule has 118 valence electrons. The summed E-state index contributed by atoms with van der Waals surface area (Å²) in [5, 5.41) is 4.88. The average Bonchev–Trinajstić information content (AvgIpc) is 3.16. The predicted octanol–water partition coefficient (Wildman–Crippen LogP) is 3.33. The summed E-state index contributed by atoms with van der Waals surface area (Å²) in [6, 6.07) is 1.64. The SMILES string of the molecule is O=C(Nc1nc(C(F)(F)F)cs1)c1csc(-c2ncccn2)n1. The van der Waals surface area contributed by atoms with E-state index >= 15 is 0 Å². The van der Waals surface area contributed by atoms with E-state index in [1.165, 1.54) is 17.8 Å². The molecule has 1 N–H and O–H groups in total. The Morgan fingerprint density at radius 2 is 1.83 bits per heavy atom. The lowest BCUT2D eigenvalue weighted by Crippen LogP contribution is -2.13. The van der Waals surface area contributed by atoms with Crippen molar-refractivity contribution in [2.24, 2.45) is 0 Å². The molecule has 3 aromatic rings. The van der Waals surface area contributed by atoms with Crippen LogP contribution < -0.4 is 5.32 Å². The molecule has 0 spiro atoms. The van der Waals surface area contributed by atoms with Crippen LogP contribution in [-0.4, -0.2) is 25.8 Å². The quantitative estimate of drug-likeness (QED) is 0.778. The number of carbonyl (C=O) groups is 1. The number of nitrogens with one attached hydrogen (secondary N) is 1. The van der Waals surface area contributed by atoms with Crippen LogP contribution in [0.5, 0.6) is 0 Å². The van der Waals surface area contributed by atoms with Crippen molar-refractivity contribution in [2.75, 3.05) is 5.32 Å². The molecule has 0 unspecified atom stereocenters. The first kappa shape index (κ1) is 15.5. The van der Waals surface area contributed by atoms with Crippen LogP contribution in [-0.2, 0) is 6.18 Å². The topological polar surface area (TPSA) is 80.7 Å². The number of alkyl halides is 3. The molecule has 0 atom stereocenters. The van der Waals surface area contributed by atoms with E-state index in [2.05, 4.69) is 25.3 Å². The highest BCUT2D eigenvalue weighted by Gasteiger charge is 2.34. The Bertz CT molecular complexity index is 831. The van der Waals surface area contributed by atoms with Crippen molar-refractivity contribution in [3.8, 4) is 10.8 Å². The van der Waals surface area contributed by atoms with Crippen molar-refractivity contribution in [3.05, 3.63) is 40.6 Å². The van der Waals surface area contributed by atoms with Crippen molar-refractivity contribution in [3.63, 3.8) is 0 Å². The van der Waals surface area contributed by atoms with Gasteiger partial charge < -0.3 is 0 Å². The molecule has 3 aromatic heterocycles. The Labute approximate surface area is 135 Å². The second-order valence-corrected chi connectivity index (χ2v) is 5.82. The molecule has 0 aliphatic rings. The maximum Gasteiger partial charge on any atom is 0.434 e. The van der Waals surface area contributed by atoms with Gasteiger partial charge in [0.15, 0.2) is 21.7 Å². The maximum atomic E-state index is 12.5. The van der Waals surface area contributed by atoms with Gasteiger partial charge in [-0.15, -0.1) is 22.7 Å². The van der Waals surface area contributed by atoms with Gasteiger partial charge in [-0.05, 0) is 6.07 Å². The highest BCUT2D eigenvalue weighted by molar-refractivity contribution is 7.14. The summed E-state index contributed by atoms with van der Waals surface area (Å²) in [6.45, 7) is 0. The zero-order valence-corrected chi connectivity index (χ0v) is 12.7. The molecule has 23 heavy (non-hydrogen) atoms. The predicted molar refractivity (Wildman–Crippen MR) is 78.2 cm³/mol. The van der Waals surface area contributed by atoms with Gasteiger partial charge in [-0.1, -0.05) is 0 Å². The average molecular weight is 357 g/mol. The third-order valence-corrected chi connectivity index (χ3v) is 4.10. The highest BCUT2D eigenvalue weighted by Crippen LogP contribution is 2.31. The number of carbonyl (C=O) groups excluding carboxylic acids is 1. The van der Waals surface area contributed by atoms with Gasteiger partial charge in [0.2, 0.25) is 0 Å². The van der Waals surface area contributed by atoms with E-state index < -0.39 is 17.8 Å². The molecule has 0 saturated carbocycles. The minimum Gasteiger partial charge on any atom is -0.296 e. The summed E-state index contributed by atoms with van der Waals surface area (Å²) in [4.78, 5) is 27.4. The van der Waals surface area contributed by atoms with Crippen molar-refractivity contribution >= 4 is 33.7 Å². The second-order valence-electron chi connectivity index (χ2n) is 4.10. The number of amides is 1. The van der Waals surface area contributed by atoms with Crippen LogP contribution >= 0.6 is 22.7 Å². The first-order valence-corrected chi connectivity index (χ1v) is 7.76. The number of aromatic nitrogens is 4. The maximum absolute atomic E-state index is 12.5. The molecule has 11 heteroatoms. The minimum absolute atomic E-state index is 0.0567. The van der Waals surface area contributed by atoms with Crippen LogP contribution in [0.3, 0.4) is 0 Å². The zero-order chi connectivity index (χ0) is 16.4. The van der Waals surface area contributed by atoms with E-state index in [1.807, 2.05) is 0 Å². The van der Waals surface area contributed by atoms with Crippen molar-refractivity contribution in [2.45, 2.75) is 6.18 Å². The molecule has 0 bridgehead atoms. The molecule has 0 aromatic carbocycles. The lowest BCUT2D eigenvalue weighted by atomic mass is 10.4. The molecule has 0 aliphatic heterocycles. The zero-order valence-electron chi connectivity index (χ0n) is 11.0. The normalized spacial score (nSPS) is 11.4. The summed E-state index contributed by atoms with van der Waals surface area (Å²) in [7, 11) is 0.